The smallest absolute Gasteiger partial charge is 0.324 e. The van der Waals surface area contributed by atoms with Crippen molar-refractivity contribution in [1.82, 2.24) is 0 Å². The molecule has 102 valence electrons. The Morgan fingerprint density at radius 1 is 1.05 bits per heavy atom. The molecule has 1 aliphatic carbocycles. The van der Waals surface area contributed by atoms with Crippen molar-refractivity contribution in [1.29, 1.82) is 0 Å². The van der Waals surface area contributed by atoms with Crippen LogP contribution in [-0.4, -0.2) is 26.2 Å². The second-order valence-corrected chi connectivity index (χ2v) is 5.08. The highest BCUT2D eigenvalue weighted by atomic mass is 16.5. The van der Waals surface area contributed by atoms with E-state index in [4.69, 9.17) is 9.47 Å². The highest BCUT2D eigenvalue weighted by Gasteiger charge is 2.82. The van der Waals surface area contributed by atoms with Gasteiger partial charge in [0, 0.05) is 5.41 Å². The van der Waals surface area contributed by atoms with Crippen LogP contribution in [0.4, 0.5) is 0 Å². The van der Waals surface area contributed by atoms with Gasteiger partial charge in [0.1, 0.15) is 0 Å². The molecular weight excluding hydrogens is 244 g/mol. The Morgan fingerprint density at radius 2 is 1.53 bits per heavy atom. The number of esters is 2. The van der Waals surface area contributed by atoms with Crippen molar-refractivity contribution in [3.05, 3.63) is 35.9 Å². The van der Waals surface area contributed by atoms with E-state index < -0.39 is 22.8 Å². The Bertz CT molecular complexity index is 492. The third kappa shape index (κ3) is 1.46. The highest BCUT2D eigenvalue weighted by molar-refractivity contribution is 6.07. The number of methoxy groups -OCH3 is 2. The van der Waals surface area contributed by atoms with E-state index in [2.05, 4.69) is 0 Å². The van der Waals surface area contributed by atoms with Crippen LogP contribution in [-0.2, 0) is 24.5 Å². The van der Waals surface area contributed by atoms with Crippen molar-refractivity contribution in [3.8, 4) is 0 Å². The summed E-state index contributed by atoms with van der Waals surface area (Å²) in [6, 6.07) is 9.53. The van der Waals surface area contributed by atoms with E-state index in [1.54, 1.807) is 0 Å². The molecule has 0 heterocycles. The lowest BCUT2D eigenvalue weighted by atomic mass is 9.87. The van der Waals surface area contributed by atoms with Crippen molar-refractivity contribution in [2.24, 2.45) is 11.3 Å². The molecule has 0 radical (unpaired) electrons. The topological polar surface area (TPSA) is 52.6 Å². The first kappa shape index (κ1) is 13.6. The van der Waals surface area contributed by atoms with Crippen molar-refractivity contribution < 1.29 is 19.1 Å². The highest BCUT2D eigenvalue weighted by Crippen LogP contribution is 2.70. The van der Waals surface area contributed by atoms with E-state index in [-0.39, 0.29) is 5.92 Å². The lowest BCUT2D eigenvalue weighted by Crippen LogP contribution is -2.35. The fourth-order valence-corrected chi connectivity index (χ4v) is 3.29. The molecular formula is C15H18O4. The zero-order valence-corrected chi connectivity index (χ0v) is 11.6. The van der Waals surface area contributed by atoms with Crippen molar-refractivity contribution >= 4 is 11.9 Å². The minimum atomic E-state index is -1.24. The predicted molar refractivity (Wildman–Crippen MR) is 69.4 cm³/mol. The van der Waals surface area contributed by atoms with E-state index in [0.29, 0.717) is 0 Å². The van der Waals surface area contributed by atoms with Crippen LogP contribution < -0.4 is 0 Å². The van der Waals surface area contributed by atoms with Crippen LogP contribution in [0.1, 0.15) is 19.4 Å². The number of hydrogen-bond acceptors (Lipinski definition) is 4. The molecule has 4 heteroatoms. The van der Waals surface area contributed by atoms with Crippen LogP contribution in [0.15, 0.2) is 30.3 Å². The summed E-state index contributed by atoms with van der Waals surface area (Å²) in [5.74, 6) is -1.22. The number of benzene rings is 1. The van der Waals surface area contributed by atoms with Gasteiger partial charge in [0.2, 0.25) is 0 Å². The summed E-state index contributed by atoms with van der Waals surface area (Å²) < 4.78 is 9.70. The summed E-state index contributed by atoms with van der Waals surface area (Å²) in [4.78, 5) is 24.3. The number of carbonyl (C=O) groups excluding carboxylic acids is 2. The Balaban J connectivity index is 2.54. The van der Waals surface area contributed by atoms with Gasteiger partial charge in [0.05, 0.1) is 14.2 Å². The Labute approximate surface area is 112 Å². The molecule has 0 amide bonds. The molecule has 1 aliphatic rings. The van der Waals surface area contributed by atoms with Crippen LogP contribution >= 0.6 is 0 Å². The van der Waals surface area contributed by atoms with Gasteiger partial charge in [-0.2, -0.15) is 0 Å². The number of hydrogen-bond donors (Lipinski definition) is 0. The maximum absolute atomic E-state index is 12.2. The molecule has 4 nitrogen and oxygen atoms in total. The lowest BCUT2D eigenvalue weighted by molar-refractivity contribution is -0.163. The molecule has 19 heavy (non-hydrogen) atoms. The van der Waals surface area contributed by atoms with Gasteiger partial charge in [0.25, 0.3) is 0 Å². The molecule has 0 N–H and O–H groups in total. The van der Waals surface area contributed by atoms with Gasteiger partial charge in [-0.1, -0.05) is 44.2 Å². The fourth-order valence-electron chi connectivity index (χ4n) is 3.29. The van der Waals surface area contributed by atoms with Crippen molar-refractivity contribution in [2.75, 3.05) is 14.2 Å². The molecule has 0 spiro atoms. The van der Waals surface area contributed by atoms with Crippen molar-refractivity contribution in [3.63, 3.8) is 0 Å². The Morgan fingerprint density at radius 3 is 1.95 bits per heavy atom. The summed E-state index contributed by atoms with van der Waals surface area (Å²) in [6.45, 7) is 3.78. The van der Waals surface area contributed by atoms with Gasteiger partial charge in [-0.25, -0.2) is 0 Å². The molecule has 0 aromatic heterocycles. The number of carbonyl (C=O) groups is 2. The number of ether oxygens (including phenoxy) is 2. The largest absolute Gasteiger partial charge is 0.468 e. The summed E-state index contributed by atoms with van der Waals surface area (Å²) in [5.41, 5.74) is -0.884. The Hall–Kier alpha value is -1.84. The molecule has 1 saturated carbocycles. The maximum atomic E-state index is 12.2. The van der Waals surface area contributed by atoms with Crippen LogP contribution in [0.3, 0.4) is 0 Å². The average Bonchev–Trinajstić information content (AvgIpc) is 2.97. The van der Waals surface area contributed by atoms with Crippen molar-refractivity contribution in [2.45, 2.75) is 19.3 Å². The molecule has 0 aliphatic heterocycles. The van der Waals surface area contributed by atoms with E-state index in [0.717, 1.165) is 5.56 Å². The lowest BCUT2D eigenvalue weighted by Gasteiger charge is -2.18. The Kier molecular flexibility index (Phi) is 3.12. The molecule has 1 aromatic rings. The zero-order valence-electron chi connectivity index (χ0n) is 11.6. The van der Waals surface area contributed by atoms with E-state index in [1.807, 2.05) is 44.2 Å². The second-order valence-electron chi connectivity index (χ2n) is 5.08. The first-order valence-corrected chi connectivity index (χ1v) is 6.20. The summed E-state index contributed by atoms with van der Waals surface area (Å²) in [6.07, 6.45) is 0. The molecule has 1 fully saturated rings. The minimum absolute atomic E-state index is 0.165. The van der Waals surface area contributed by atoms with Gasteiger partial charge in [-0.15, -0.1) is 0 Å². The third-order valence-electron chi connectivity index (χ3n) is 4.64. The first-order valence-electron chi connectivity index (χ1n) is 6.20. The van der Waals surface area contributed by atoms with Gasteiger partial charge >= 0.3 is 11.9 Å². The average molecular weight is 262 g/mol. The molecule has 0 saturated heterocycles. The molecule has 2 rings (SSSR count). The van der Waals surface area contributed by atoms with Gasteiger partial charge in [0.15, 0.2) is 5.41 Å². The summed E-state index contributed by atoms with van der Waals surface area (Å²) in [7, 11) is 2.59. The van der Waals surface area contributed by atoms with Crippen LogP contribution in [0, 0.1) is 11.3 Å². The SMILES string of the molecule is COC(=O)C1(C(=O)OC)[C@@H](C)[C@]1(C)c1ccccc1. The van der Waals surface area contributed by atoms with Gasteiger partial charge in [-0.3, -0.25) is 9.59 Å². The maximum Gasteiger partial charge on any atom is 0.324 e. The molecule has 0 bridgehead atoms. The third-order valence-corrected chi connectivity index (χ3v) is 4.64. The minimum Gasteiger partial charge on any atom is -0.468 e. The normalized spacial score (nSPS) is 27.5. The summed E-state index contributed by atoms with van der Waals surface area (Å²) >= 11 is 0. The monoisotopic (exact) mass is 262 g/mol. The van der Waals surface area contributed by atoms with Gasteiger partial charge in [-0.05, 0) is 11.5 Å². The molecule has 0 unspecified atom stereocenters. The predicted octanol–water partition coefficient (Wildman–Crippen LogP) is 1.93. The summed E-state index contributed by atoms with van der Waals surface area (Å²) in [5, 5.41) is 0. The van der Waals surface area contributed by atoms with E-state index >= 15 is 0 Å². The van der Waals surface area contributed by atoms with Crippen LogP contribution in [0.25, 0.3) is 0 Å². The van der Waals surface area contributed by atoms with E-state index in [9.17, 15) is 9.59 Å². The quantitative estimate of drug-likeness (QED) is 0.617. The van der Waals surface area contributed by atoms with Gasteiger partial charge < -0.3 is 9.47 Å². The molecule has 2 atom stereocenters. The zero-order chi connectivity index (χ0) is 14.3. The first-order chi connectivity index (χ1) is 8.97. The fraction of sp³-hybridized carbons (Fsp3) is 0.467. The number of rotatable bonds is 3. The molecule has 1 aromatic carbocycles. The standard InChI is InChI=1S/C15H18O4/c1-10-14(2,11-8-6-5-7-9-11)15(10,12(16)18-3)13(17)19-4/h5-10H,1-4H3/t10-,14+/m0/s1. The van der Waals surface area contributed by atoms with E-state index in [1.165, 1.54) is 14.2 Å². The second kappa shape index (κ2) is 4.37. The van der Waals surface area contributed by atoms with Crippen LogP contribution in [0.2, 0.25) is 0 Å². The van der Waals surface area contributed by atoms with Crippen LogP contribution in [0.5, 0.6) is 0 Å².